The van der Waals surface area contributed by atoms with Crippen molar-refractivity contribution in [2.75, 3.05) is 24.9 Å². The van der Waals surface area contributed by atoms with Crippen LogP contribution in [-0.2, 0) is 0 Å². The van der Waals surface area contributed by atoms with Crippen LogP contribution in [0.2, 0.25) is 0 Å². The van der Waals surface area contributed by atoms with Crippen molar-refractivity contribution in [1.82, 2.24) is 4.98 Å². The number of pyridine rings is 1. The fourth-order valence-corrected chi connectivity index (χ4v) is 2.95. The quantitative estimate of drug-likeness (QED) is 0.578. The van der Waals surface area contributed by atoms with Crippen molar-refractivity contribution in [2.45, 2.75) is 19.8 Å². The molecule has 0 radical (unpaired) electrons. The normalized spacial score (nSPS) is 10.5. The molecule has 1 amide bonds. The minimum Gasteiger partial charge on any atom is -0.497 e. The van der Waals surface area contributed by atoms with Gasteiger partial charge in [-0.1, -0.05) is 32.0 Å². The van der Waals surface area contributed by atoms with E-state index in [0.717, 1.165) is 16.9 Å². The van der Waals surface area contributed by atoms with Crippen molar-refractivity contribution < 1.29 is 14.3 Å². The van der Waals surface area contributed by atoms with Gasteiger partial charge in [0.1, 0.15) is 17.3 Å². The van der Waals surface area contributed by atoms with Crippen LogP contribution >= 0.6 is 0 Å². The van der Waals surface area contributed by atoms with Gasteiger partial charge >= 0.3 is 0 Å². The molecule has 0 spiro atoms. The molecule has 0 saturated carbocycles. The number of hydrogen-bond acceptors (Lipinski definition) is 5. The fourth-order valence-electron chi connectivity index (χ4n) is 2.95. The average molecular weight is 391 g/mol. The smallest absolute Gasteiger partial charge is 0.257 e. The zero-order valence-electron chi connectivity index (χ0n) is 17.0. The molecular formula is C23H25N3O3. The van der Waals surface area contributed by atoms with Gasteiger partial charge in [-0.2, -0.15) is 0 Å². The summed E-state index contributed by atoms with van der Waals surface area (Å²) in [5.41, 5.74) is 3.15. The lowest BCUT2D eigenvalue weighted by Crippen LogP contribution is -2.14. The highest BCUT2D eigenvalue weighted by atomic mass is 16.5. The van der Waals surface area contributed by atoms with E-state index in [2.05, 4.69) is 29.5 Å². The van der Waals surface area contributed by atoms with Gasteiger partial charge in [0.25, 0.3) is 5.91 Å². The second-order valence-electron chi connectivity index (χ2n) is 6.82. The van der Waals surface area contributed by atoms with E-state index in [-0.39, 0.29) is 5.91 Å². The maximum absolute atomic E-state index is 12.6. The number of benzene rings is 2. The van der Waals surface area contributed by atoms with E-state index in [0.29, 0.717) is 28.8 Å². The molecule has 6 nitrogen and oxygen atoms in total. The number of rotatable bonds is 7. The number of carbonyl (C=O) groups is 1. The summed E-state index contributed by atoms with van der Waals surface area (Å²) in [4.78, 5) is 17.0. The molecule has 29 heavy (non-hydrogen) atoms. The summed E-state index contributed by atoms with van der Waals surface area (Å²) >= 11 is 0. The molecule has 2 aromatic carbocycles. The third-order valence-electron chi connectivity index (χ3n) is 4.53. The van der Waals surface area contributed by atoms with Crippen LogP contribution in [0, 0.1) is 0 Å². The summed E-state index contributed by atoms with van der Waals surface area (Å²) < 4.78 is 10.6. The van der Waals surface area contributed by atoms with Gasteiger partial charge in [0.2, 0.25) is 0 Å². The molecule has 3 aromatic rings. The second-order valence-corrected chi connectivity index (χ2v) is 6.82. The minimum absolute atomic E-state index is 0.195. The van der Waals surface area contributed by atoms with E-state index in [1.54, 1.807) is 38.6 Å². The van der Waals surface area contributed by atoms with Gasteiger partial charge in [-0.25, -0.2) is 4.98 Å². The summed E-state index contributed by atoms with van der Waals surface area (Å²) in [6.07, 6.45) is 1.55. The second kappa shape index (κ2) is 9.10. The van der Waals surface area contributed by atoms with Crippen molar-refractivity contribution in [3.63, 3.8) is 0 Å². The first-order valence-corrected chi connectivity index (χ1v) is 9.37. The minimum atomic E-state index is -0.195. The molecule has 0 saturated heterocycles. The van der Waals surface area contributed by atoms with E-state index < -0.39 is 0 Å². The van der Waals surface area contributed by atoms with E-state index in [1.165, 1.54) is 0 Å². The molecule has 1 heterocycles. The highest BCUT2D eigenvalue weighted by molar-refractivity contribution is 6.04. The lowest BCUT2D eigenvalue weighted by Gasteiger charge is -2.14. The molecule has 0 aliphatic heterocycles. The van der Waals surface area contributed by atoms with Gasteiger partial charge in [0.15, 0.2) is 0 Å². The maximum atomic E-state index is 12.6. The van der Waals surface area contributed by atoms with Crippen molar-refractivity contribution in [2.24, 2.45) is 0 Å². The van der Waals surface area contributed by atoms with Gasteiger partial charge in [-0.15, -0.1) is 0 Å². The molecular weight excluding hydrogens is 366 g/mol. The molecule has 0 bridgehead atoms. The highest BCUT2D eigenvalue weighted by Crippen LogP contribution is 2.31. The Hall–Kier alpha value is -3.54. The monoisotopic (exact) mass is 391 g/mol. The van der Waals surface area contributed by atoms with Crippen molar-refractivity contribution >= 4 is 23.1 Å². The molecule has 0 unspecified atom stereocenters. The Labute approximate surface area is 170 Å². The van der Waals surface area contributed by atoms with Crippen LogP contribution in [0.5, 0.6) is 11.5 Å². The average Bonchev–Trinajstić information content (AvgIpc) is 2.74. The number of methoxy groups -OCH3 is 2. The summed E-state index contributed by atoms with van der Waals surface area (Å²) in [5.74, 6) is 2.06. The molecule has 150 valence electrons. The Kier molecular flexibility index (Phi) is 6.34. The molecule has 3 rings (SSSR count). The third kappa shape index (κ3) is 4.85. The van der Waals surface area contributed by atoms with Crippen LogP contribution in [0.4, 0.5) is 17.2 Å². The number of nitrogens with zero attached hydrogens (tertiary/aromatic N) is 1. The zero-order valence-corrected chi connectivity index (χ0v) is 17.0. The van der Waals surface area contributed by atoms with Crippen LogP contribution in [0.15, 0.2) is 60.8 Å². The van der Waals surface area contributed by atoms with Gasteiger partial charge in [0, 0.05) is 18.0 Å². The first-order chi connectivity index (χ1) is 14.0. The lowest BCUT2D eigenvalue weighted by atomic mass is 10.0. The third-order valence-corrected chi connectivity index (χ3v) is 4.53. The predicted molar refractivity (Wildman–Crippen MR) is 116 cm³/mol. The highest BCUT2D eigenvalue weighted by Gasteiger charge is 2.12. The van der Waals surface area contributed by atoms with Crippen LogP contribution in [0.3, 0.4) is 0 Å². The number of amides is 1. The van der Waals surface area contributed by atoms with Gasteiger partial charge < -0.3 is 20.1 Å². The Balaban J connectivity index is 1.73. The largest absolute Gasteiger partial charge is 0.497 e. The van der Waals surface area contributed by atoms with Gasteiger partial charge in [0.05, 0.1) is 25.5 Å². The van der Waals surface area contributed by atoms with E-state index >= 15 is 0 Å². The number of anilines is 3. The van der Waals surface area contributed by atoms with Crippen molar-refractivity contribution in [1.29, 1.82) is 0 Å². The lowest BCUT2D eigenvalue weighted by molar-refractivity contribution is 0.102. The topological polar surface area (TPSA) is 72.5 Å². The van der Waals surface area contributed by atoms with Crippen LogP contribution in [0.25, 0.3) is 0 Å². The van der Waals surface area contributed by atoms with E-state index in [9.17, 15) is 4.79 Å². The standard InChI is InChI=1S/C23H25N3O3/c1-15(2)18-7-5-6-8-19(18)26-23(27)16-9-12-22(24-14-16)25-20-11-10-17(28-3)13-21(20)29-4/h5-15H,1-4H3,(H,24,25)(H,26,27). The van der Waals surface area contributed by atoms with E-state index in [1.807, 2.05) is 36.4 Å². The Bertz CT molecular complexity index is 985. The predicted octanol–water partition coefficient (Wildman–Crippen LogP) is 5.22. The van der Waals surface area contributed by atoms with Crippen LogP contribution in [0.1, 0.15) is 35.7 Å². The molecule has 1 aromatic heterocycles. The molecule has 2 N–H and O–H groups in total. The number of para-hydroxylation sites is 1. The SMILES string of the molecule is COc1ccc(Nc2ccc(C(=O)Nc3ccccc3C(C)C)cn2)c(OC)c1. The van der Waals surface area contributed by atoms with Crippen molar-refractivity contribution in [3.8, 4) is 11.5 Å². The number of nitrogens with one attached hydrogen (secondary N) is 2. The van der Waals surface area contributed by atoms with Crippen LogP contribution < -0.4 is 20.1 Å². The molecule has 0 aliphatic carbocycles. The molecule has 0 aliphatic rings. The number of ether oxygens (including phenoxy) is 2. The summed E-state index contributed by atoms with van der Waals surface area (Å²) in [7, 11) is 3.20. The first-order valence-electron chi connectivity index (χ1n) is 9.37. The zero-order chi connectivity index (χ0) is 20.8. The Morgan fingerprint density at radius 1 is 0.966 bits per heavy atom. The fraction of sp³-hybridized carbons (Fsp3) is 0.217. The van der Waals surface area contributed by atoms with E-state index in [4.69, 9.17) is 9.47 Å². The molecule has 0 fully saturated rings. The Morgan fingerprint density at radius 3 is 2.41 bits per heavy atom. The number of hydrogen-bond donors (Lipinski definition) is 2. The van der Waals surface area contributed by atoms with Crippen molar-refractivity contribution in [3.05, 3.63) is 71.9 Å². The number of carbonyl (C=O) groups excluding carboxylic acids is 1. The molecule has 6 heteroatoms. The maximum Gasteiger partial charge on any atom is 0.257 e. The van der Waals surface area contributed by atoms with Crippen LogP contribution in [-0.4, -0.2) is 25.1 Å². The summed E-state index contributed by atoms with van der Waals surface area (Å²) in [5, 5.41) is 6.17. The van der Waals surface area contributed by atoms with Gasteiger partial charge in [-0.05, 0) is 41.8 Å². The molecule has 0 atom stereocenters. The summed E-state index contributed by atoms with van der Waals surface area (Å²) in [6.45, 7) is 4.20. The Morgan fingerprint density at radius 2 is 1.76 bits per heavy atom. The summed E-state index contributed by atoms with van der Waals surface area (Å²) in [6, 6.07) is 16.8. The number of aromatic nitrogens is 1. The van der Waals surface area contributed by atoms with Gasteiger partial charge in [-0.3, -0.25) is 4.79 Å². The first kappa shape index (κ1) is 20.2.